The second-order valence-electron chi connectivity index (χ2n) is 6.03. The average molecular weight is 316 g/mol. The Labute approximate surface area is 137 Å². The van der Waals surface area contributed by atoms with Gasteiger partial charge in [-0.2, -0.15) is 0 Å². The summed E-state index contributed by atoms with van der Waals surface area (Å²) in [5, 5.41) is 3.03. The van der Waals surface area contributed by atoms with Gasteiger partial charge in [0, 0.05) is 31.2 Å². The Morgan fingerprint density at radius 1 is 1.30 bits per heavy atom. The molecule has 0 saturated carbocycles. The molecule has 23 heavy (non-hydrogen) atoms. The van der Waals surface area contributed by atoms with E-state index in [1.807, 2.05) is 0 Å². The standard InChI is InChI=1S/C18H24N2O3/c1-13(2)20-11-10-16(12-20)19-17(21)9-6-14-4-7-15(8-5-14)18(22)23-3/h4-9,13,16H,10-12H2,1-3H3,(H,19,21)/b9-6-/t16-/m0/s1. The Morgan fingerprint density at radius 3 is 2.57 bits per heavy atom. The first kappa shape index (κ1) is 17.2. The minimum Gasteiger partial charge on any atom is -0.465 e. The highest BCUT2D eigenvalue weighted by molar-refractivity contribution is 5.92. The molecule has 1 N–H and O–H groups in total. The van der Waals surface area contributed by atoms with Gasteiger partial charge in [0.25, 0.3) is 0 Å². The van der Waals surface area contributed by atoms with Crippen molar-refractivity contribution in [3.63, 3.8) is 0 Å². The molecule has 2 rings (SSSR count). The van der Waals surface area contributed by atoms with Crippen LogP contribution >= 0.6 is 0 Å². The Morgan fingerprint density at radius 2 is 2.00 bits per heavy atom. The summed E-state index contributed by atoms with van der Waals surface area (Å²) in [7, 11) is 1.35. The average Bonchev–Trinajstić information content (AvgIpc) is 3.01. The fraction of sp³-hybridized carbons (Fsp3) is 0.444. The van der Waals surface area contributed by atoms with E-state index >= 15 is 0 Å². The Balaban J connectivity index is 1.85. The molecule has 5 nitrogen and oxygen atoms in total. The summed E-state index contributed by atoms with van der Waals surface area (Å²) in [4.78, 5) is 25.7. The zero-order valence-electron chi connectivity index (χ0n) is 13.9. The predicted octanol–water partition coefficient (Wildman–Crippen LogP) is 2.09. The van der Waals surface area contributed by atoms with Crippen LogP contribution in [0.2, 0.25) is 0 Å². The molecule has 1 aromatic carbocycles. The lowest BCUT2D eigenvalue weighted by molar-refractivity contribution is -0.117. The first-order valence-corrected chi connectivity index (χ1v) is 7.90. The maximum absolute atomic E-state index is 12.0. The van der Waals surface area contributed by atoms with Gasteiger partial charge in [0.2, 0.25) is 5.91 Å². The van der Waals surface area contributed by atoms with Crippen molar-refractivity contribution in [3.8, 4) is 0 Å². The smallest absolute Gasteiger partial charge is 0.337 e. The first-order valence-electron chi connectivity index (χ1n) is 7.90. The third kappa shape index (κ3) is 4.93. The van der Waals surface area contributed by atoms with Gasteiger partial charge < -0.3 is 10.1 Å². The molecule has 0 aliphatic carbocycles. The van der Waals surface area contributed by atoms with Gasteiger partial charge in [0.05, 0.1) is 12.7 Å². The summed E-state index contributed by atoms with van der Waals surface area (Å²) in [6, 6.07) is 7.66. The Kier molecular flexibility index (Phi) is 5.93. The third-order valence-corrected chi connectivity index (χ3v) is 4.06. The molecule has 1 aliphatic rings. The minimum atomic E-state index is -0.366. The SMILES string of the molecule is COC(=O)c1ccc(/C=C\C(=O)N[C@H]2CCN(C(C)C)C2)cc1. The number of nitrogens with one attached hydrogen (secondary N) is 1. The van der Waals surface area contributed by atoms with Crippen molar-refractivity contribution in [2.45, 2.75) is 32.4 Å². The van der Waals surface area contributed by atoms with Gasteiger partial charge in [-0.3, -0.25) is 9.69 Å². The van der Waals surface area contributed by atoms with Crippen molar-refractivity contribution in [1.82, 2.24) is 10.2 Å². The number of carbonyl (C=O) groups excluding carboxylic acids is 2. The van der Waals surface area contributed by atoms with E-state index in [1.165, 1.54) is 13.2 Å². The molecule has 1 heterocycles. The largest absolute Gasteiger partial charge is 0.465 e. The van der Waals surface area contributed by atoms with E-state index in [4.69, 9.17) is 0 Å². The Hall–Kier alpha value is -2.14. The molecular weight excluding hydrogens is 292 g/mol. The van der Waals surface area contributed by atoms with Gasteiger partial charge in [-0.05, 0) is 44.0 Å². The topological polar surface area (TPSA) is 58.6 Å². The summed E-state index contributed by atoms with van der Waals surface area (Å²) in [6.45, 7) is 6.27. The van der Waals surface area contributed by atoms with E-state index < -0.39 is 0 Å². The van der Waals surface area contributed by atoms with Crippen molar-refractivity contribution < 1.29 is 14.3 Å². The van der Waals surface area contributed by atoms with Crippen LogP contribution in [0, 0.1) is 0 Å². The first-order chi connectivity index (χ1) is 11.0. The van der Waals surface area contributed by atoms with Crippen LogP contribution < -0.4 is 5.32 Å². The lowest BCUT2D eigenvalue weighted by atomic mass is 10.1. The third-order valence-electron chi connectivity index (χ3n) is 4.06. The van der Waals surface area contributed by atoms with Crippen LogP contribution in [0.5, 0.6) is 0 Å². The number of hydrogen-bond donors (Lipinski definition) is 1. The zero-order chi connectivity index (χ0) is 16.8. The molecule has 1 amide bonds. The normalized spacial score (nSPS) is 18.5. The summed E-state index contributed by atoms with van der Waals surface area (Å²) in [5.41, 5.74) is 1.36. The quantitative estimate of drug-likeness (QED) is 0.667. The van der Waals surface area contributed by atoms with Gasteiger partial charge in [-0.25, -0.2) is 4.79 Å². The number of likely N-dealkylation sites (tertiary alicyclic amines) is 1. The van der Waals surface area contributed by atoms with Gasteiger partial charge in [-0.1, -0.05) is 12.1 Å². The zero-order valence-corrected chi connectivity index (χ0v) is 13.9. The number of rotatable bonds is 5. The molecule has 0 spiro atoms. The van der Waals surface area contributed by atoms with Crippen LogP contribution in [0.3, 0.4) is 0 Å². The molecule has 124 valence electrons. The summed E-state index contributed by atoms with van der Waals surface area (Å²) >= 11 is 0. The molecule has 1 atom stereocenters. The molecule has 1 fully saturated rings. The second-order valence-corrected chi connectivity index (χ2v) is 6.03. The molecule has 5 heteroatoms. The van der Waals surface area contributed by atoms with Crippen molar-refractivity contribution in [2.75, 3.05) is 20.2 Å². The molecule has 0 radical (unpaired) electrons. The van der Waals surface area contributed by atoms with Crippen LogP contribution in [0.1, 0.15) is 36.2 Å². The minimum absolute atomic E-state index is 0.0855. The van der Waals surface area contributed by atoms with Crippen molar-refractivity contribution in [3.05, 3.63) is 41.5 Å². The van der Waals surface area contributed by atoms with E-state index in [0.29, 0.717) is 11.6 Å². The van der Waals surface area contributed by atoms with E-state index in [2.05, 4.69) is 28.8 Å². The Bertz CT molecular complexity index is 578. The molecule has 0 aromatic heterocycles. The summed E-state index contributed by atoms with van der Waals surface area (Å²) < 4.78 is 4.65. The van der Waals surface area contributed by atoms with E-state index in [0.717, 1.165) is 25.1 Å². The second kappa shape index (κ2) is 7.92. The highest BCUT2D eigenvalue weighted by Gasteiger charge is 2.24. The van der Waals surface area contributed by atoms with Gasteiger partial charge in [0.1, 0.15) is 0 Å². The van der Waals surface area contributed by atoms with E-state index in [-0.39, 0.29) is 17.9 Å². The monoisotopic (exact) mass is 316 g/mol. The van der Waals surface area contributed by atoms with Crippen LogP contribution in [-0.2, 0) is 9.53 Å². The maximum Gasteiger partial charge on any atom is 0.337 e. The number of esters is 1. The molecule has 1 saturated heterocycles. The fourth-order valence-electron chi connectivity index (χ4n) is 2.64. The highest BCUT2D eigenvalue weighted by Crippen LogP contribution is 2.12. The number of nitrogens with zero attached hydrogens (tertiary/aromatic N) is 1. The molecule has 1 aromatic rings. The lowest BCUT2D eigenvalue weighted by Crippen LogP contribution is -2.37. The van der Waals surface area contributed by atoms with Crippen LogP contribution in [0.25, 0.3) is 6.08 Å². The van der Waals surface area contributed by atoms with Crippen molar-refractivity contribution in [1.29, 1.82) is 0 Å². The summed E-state index contributed by atoms with van der Waals surface area (Å²) in [6.07, 6.45) is 4.27. The molecular formula is C18H24N2O3. The number of carbonyl (C=O) groups is 2. The van der Waals surface area contributed by atoms with Crippen LogP contribution in [-0.4, -0.2) is 49.1 Å². The lowest BCUT2D eigenvalue weighted by Gasteiger charge is -2.20. The molecule has 0 bridgehead atoms. The van der Waals surface area contributed by atoms with E-state index in [9.17, 15) is 9.59 Å². The predicted molar refractivity (Wildman–Crippen MR) is 90.1 cm³/mol. The fourth-order valence-corrected chi connectivity index (χ4v) is 2.64. The van der Waals surface area contributed by atoms with Gasteiger partial charge in [-0.15, -0.1) is 0 Å². The number of ether oxygens (including phenoxy) is 1. The number of hydrogen-bond acceptors (Lipinski definition) is 4. The molecule has 1 aliphatic heterocycles. The number of methoxy groups -OCH3 is 1. The van der Waals surface area contributed by atoms with Crippen LogP contribution in [0.4, 0.5) is 0 Å². The van der Waals surface area contributed by atoms with Crippen molar-refractivity contribution >= 4 is 18.0 Å². The maximum atomic E-state index is 12.0. The molecule has 0 unspecified atom stereocenters. The van der Waals surface area contributed by atoms with Gasteiger partial charge in [0.15, 0.2) is 0 Å². The highest BCUT2D eigenvalue weighted by atomic mass is 16.5. The number of amides is 1. The number of benzene rings is 1. The van der Waals surface area contributed by atoms with E-state index in [1.54, 1.807) is 30.3 Å². The summed E-state index contributed by atoms with van der Waals surface area (Å²) in [5.74, 6) is -0.452. The van der Waals surface area contributed by atoms with Gasteiger partial charge >= 0.3 is 5.97 Å². The van der Waals surface area contributed by atoms with Crippen LogP contribution in [0.15, 0.2) is 30.3 Å². The van der Waals surface area contributed by atoms with Crippen molar-refractivity contribution in [2.24, 2.45) is 0 Å².